The smallest absolute Gasteiger partial charge is 0.226 e. The third-order valence-electron chi connectivity index (χ3n) is 1.36. The zero-order valence-corrected chi connectivity index (χ0v) is 11.8. The van der Waals surface area contributed by atoms with Crippen LogP contribution in [0.4, 0.5) is 0 Å². The van der Waals surface area contributed by atoms with Crippen LogP contribution in [0.25, 0.3) is 0 Å². The molecule has 0 aromatic heterocycles. The van der Waals surface area contributed by atoms with E-state index in [1.165, 1.54) is 0 Å². The van der Waals surface area contributed by atoms with Crippen LogP contribution in [-0.4, -0.2) is 47.9 Å². The molecule has 0 unspecified atom stereocenters. The van der Waals surface area contributed by atoms with E-state index in [9.17, 15) is 0 Å². The van der Waals surface area contributed by atoms with Gasteiger partial charge in [-0.1, -0.05) is 0 Å². The molecule has 0 aliphatic rings. The lowest BCUT2D eigenvalue weighted by molar-refractivity contribution is -0.331. The van der Waals surface area contributed by atoms with Gasteiger partial charge < -0.3 is 0 Å². The van der Waals surface area contributed by atoms with Crippen LogP contribution in [-0.2, 0) is 0 Å². The van der Waals surface area contributed by atoms with E-state index in [0.717, 1.165) is 31.9 Å². The molecular weight excluding hydrogens is 240 g/mol. The monoisotopic (exact) mass is 259 g/mol. The molecule has 0 aliphatic heterocycles. The van der Waals surface area contributed by atoms with Gasteiger partial charge in [0.2, 0.25) is 0 Å². The van der Waals surface area contributed by atoms with E-state index >= 15 is 0 Å². The second-order valence-corrected chi connectivity index (χ2v) is 5.01. The third-order valence-corrected chi connectivity index (χ3v) is 3.69. The van der Waals surface area contributed by atoms with E-state index in [1.807, 2.05) is 17.8 Å². The Morgan fingerprint density at radius 1 is 1.06 bits per heavy atom. The minimum Gasteiger partial charge on any atom is -0.226 e. The first-order valence-electron chi connectivity index (χ1n) is 5.42. The van der Waals surface area contributed by atoms with Gasteiger partial charge in [-0.3, -0.25) is 0 Å². The number of nitrogens with zero attached hydrogens (tertiary/aromatic N) is 4. The van der Waals surface area contributed by atoms with Crippen molar-refractivity contribution in [2.45, 2.75) is 20.8 Å². The Balaban J connectivity index is 3.72. The fraction of sp³-hybridized carbons (Fsp3) is 0.800. The summed E-state index contributed by atoms with van der Waals surface area (Å²) in [4.78, 5) is 12.0. The lowest BCUT2D eigenvalue weighted by Crippen LogP contribution is -1.98. The molecule has 0 rings (SSSR count). The third kappa shape index (κ3) is 9.99. The lowest BCUT2D eigenvalue weighted by atomic mass is 10.8. The largest absolute Gasteiger partial charge is 0.320 e. The van der Waals surface area contributed by atoms with Crippen molar-refractivity contribution in [3.63, 3.8) is 0 Å². The highest BCUT2D eigenvalue weighted by Gasteiger charge is 1.98. The van der Waals surface area contributed by atoms with Crippen LogP contribution in [0.3, 0.4) is 0 Å². The van der Waals surface area contributed by atoms with Gasteiger partial charge in [-0.15, -0.1) is 3.98 Å². The Kier molecular flexibility index (Phi) is 12.1. The van der Waals surface area contributed by atoms with Crippen LogP contribution in [0.2, 0.25) is 0 Å². The lowest BCUT2D eigenvalue weighted by Gasteiger charge is -1.94. The van der Waals surface area contributed by atoms with Crippen molar-refractivity contribution >= 4 is 33.8 Å². The normalized spacial score (nSPS) is 8.94. The van der Waals surface area contributed by atoms with Crippen LogP contribution in [0.15, 0.2) is 15.0 Å². The predicted octanol–water partition coefficient (Wildman–Crippen LogP) is 2.70. The van der Waals surface area contributed by atoms with Gasteiger partial charge in [0.25, 0.3) is 0 Å². The highest BCUT2D eigenvalue weighted by molar-refractivity contribution is 8.74. The molecular formula is C10H19N4S2+. The maximum absolute atomic E-state index is 4.07. The Bertz CT molecular complexity index is 289. The standard InChI is InChI=1S/C10H19N4S2/c1-4-11-9-13-7-8-15-16-14(6-3)10-12-5-2/h4-8H2,1-3H3/q+1. The van der Waals surface area contributed by atoms with Crippen molar-refractivity contribution in [2.75, 3.05) is 31.9 Å². The zero-order chi connectivity index (χ0) is 12.1. The van der Waals surface area contributed by atoms with Crippen molar-refractivity contribution in [1.29, 1.82) is 0 Å². The van der Waals surface area contributed by atoms with Gasteiger partial charge in [-0.25, -0.2) is 9.98 Å². The van der Waals surface area contributed by atoms with Crippen LogP contribution in [0.1, 0.15) is 20.8 Å². The molecule has 0 spiro atoms. The molecule has 0 heterocycles. The topological polar surface area (TPSA) is 40.1 Å². The summed E-state index contributed by atoms with van der Waals surface area (Å²) in [6.45, 7) is 9.23. The van der Waals surface area contributed by atoms with Gasteiger partial charge in [0.1, 0.15) is 24.1 Å². The fourth-order valence-electron chi connectivity index (χ4n) is 0.644. The summed E-state index contributed by atoms with van der Waals surface area (Å²) in [5.74, 6) is 0.946. The highest BCUT2D eigenvalue weighted by Crippen LogP contribution is 2.20. The Labute approximate surface area is 106 Å². The summed E-state index contributed by atoms with van der Waals surface area (Å²) in [6, 6.07) is 5.62. The summed E-state index contributed by atoms with van der Waals surface area (Å²) >= 11 is 0. The second kappa shape index (κ2) is 12.5. The number of hydrogen-bond acceptors (Lipinski definition) is 5. The van der Waals surface area contributed by atoms with Gasteiger partial charge in [-0.2, -0.15) is 0 Å². The van der Waals surface area contributed by atoms with E-state index in [2.05, 4.69) is 33.9 Å². The van der Waals surface area contributed by atoms with E-state index < -0.39 is 0 Å². The van der Waals surface area contributed by atoms with Gasteiger partial charge in [0.15, 0.2) is 0 Å². The summed E-state index contributed by atoms with van der Waals surface area (Å²) in [7, 11) is 3.39. The van der Waals surface area contributed by atoms with Crippen molar-refractivity contribution < 1.29 is 3.98 Å². The second-order valence-electron chi connectivity index (χ2n) is 2.62. The van der Waals surface area contributed by atoms with Gasteiger partial charge >= 0.3 is 6.01 Å². The maximum Gasteiger partial charge on any atom is 0.320 e. The summed E-state index contributed by atoms with van der Waals surface area (Å²) in [6.07, 6.45) is 0. The van der Waals surface area contributed by atoms with Gasteiger partial charge in [0, 0.05) is 12.3 Å². The molecule has 0 aliphatic carbocycles. The molecule has 6 heteroatoms. The number of hydrogen-bond donors (Lipinski definition) is 0. The quantitative estimate of drug-likeness (QED) is 0.221. The van der Waals surface area contributed by atoms with E-state index in [0.29, 0.717) is 0 Å². The van der Waals surface area contributed by atoms with Crippen LogP contribution < -0.4 is 0 Å². The average Bonchev–Trinajstić information content (AvgIpc) is 2.32. The molecule has 0 bridgehead atoms. The summed E-state index contributed by atoms with van der Waals surface area (Å²) < 4.78 is 1.98. The Morgan fingerprint density at radius 2 is 1.81 bits per heavy atom. The van der Waals surface area contributed by atoms with E-state index in [4.69, 9.17) is 0 Å². The first-order chi connectivity index (χ1) is 7.85. The minimum atomic E-state index is 0.747. The SMILES string of the molecule is CCN=C=NCCSS[N+](=C=NCC)CC. The molecule has 0 aromatic rings. The van der Waals surface area contributed by atoms with E-state index in [-0.39, 0.29) is 0 Å². The maximum atomic E-state index is 4.07. The number of rotatable bonds is 8. The molecule has 0 saturated carbocycles. The van der Waals surface area contributed by atoms with Gasteiger partial charge in [-0.05, 0) is 36.6 Å². The average molecular weight is 259 g/mol. The van der Waals surface area contributed by atoms with Crippen molar-refractivity contribution in [3.05, 3.63) is 0 Å². The van der Waals surface area contributed by atoms with Gasteiger partial charge in [0.05, 0.1) is 12.6 Å². The fourth-order valence-corrected chi connectivity index (χ4v) is 2.45. The number of aliphatic imine (C=N–C) groups is 3. The zero-order valence-electron chi connectivity index (χ0n) is 10.1. The summed E-state index contributed by atoms with van der Waals surface area (Å²) in [5, 5.41) is 0. The molecule has 0 N–H and O–H groups in total. The van der Waals surface area contributed by atoms with Crippen molar-refractivity contribution in [1.82, 2.24) is 0 Å². The first-order valence-corrected chi connectivity index (χ1v) is 7.69. The molecule has 0 saturated heterocycles. The van der Waals surface area contributed by atoms with Crippen molar-refractivity contribution in [2.24, 2.45) is 15.0 Å². The first kappa shape index (κ1) is 15.5. The predicted molar refractivity (Wildman–Crippen MR) is 74.1 cm³/mol. The molecule has 90 valence electrons. The Hall–Kier alpha value is -0.540. The molecule has 0 atom stereocenters. The molecule has 0 aromatic carbocycles. The highest BCUT2D eigenvalue weighted by atomic mass is 33.1. The van der Waals surface area contributed by atoms with Crippen LogP contribution in [0, 0.1) is 0 Å². The molecule has 4 nitrogen and oxygen atoms in total. The van der Waals surface area contributed by atoms with Crippen LogP contribution in [0.5, 0.6) is 0 Å². The molecule has 0 fully saturated rings. The molecule has 16 heavy (non-hydrogen) atoms. The summed E-state index contributed by atoms with van der Waals surface area (Å²) in [5.41, 5.74) is 0. The van der Waals surface area contributed by atoms with Crippen LogP contribution >= 0.6 is 21.8 Å². The molecule has 0 radical (unpaired) electrons. The molecule has 0 amide bonds. The van der Waals surface area contributed by atoms with Crippen molar-refractivity contribution in [3.8, 4) is 0 Å². The Morgan fingerprint density at radius 3 is 2.44 bits per heavy atom. The van der Waals surface area contributed by atoms with E-state index in [1.54, 1.807) is 21.8 Å². The minimum absolute atomic E-state index is 0.747.